The van der Waals surface area contributed by atoms with Crippen molar-refractivity contribution in [3.05, 3.63) is 30.2 Å². The summed E-state index contributed by atoms with van der Waals surface area (Å²) in [6.07, 6.45) is 5.25. The van der Waals surface area contributed by atoms with Crippen molar-refractivity contribution in [3.8, 4) is 0 Å². The number of urea groups is 1. The number of carbonyl (C=O) groups is 1. The van der Waals surface area contributed by atoms with Crippen molar-refractivity contribution in [3.63, 3.8) is 0 Å². The number of hydrogen-bond acceptors (Lipinski definition) is 7. The van der Waals surface area contributed by atoms with E-state index in [2.05, 4.69) is 30.6 Å². The van der Waals surface area contributed by atoms with Gasteiger partial charge in [0, 0.05) is 52.2 Å². The molecule has 27 heavy (non-hydrogen) atoms. The van der Waals surface area contributed by atoms with E-state index in [0.29, 0.717) is 19.0 Å². The molecule has 1 saturated heterocycles. The van der Waals surface area contributed by atoms with Crippen molar-refractivity contribution in [1.29, 1.82) is 0 Å². The van der Waals surface area contributed by atoms with E-state index in [1.165, 1.54) is 0 Å². The average Bonchev–Trinajstić information content (AvgIpc) is 3.06. The Labute approximate surface area is 158 Å². The van der Waals surface area contributed by atoms with Crippen LogP contribution < -0.4 is 15.5 Å². The number of carbonyl (C=O) groups excluding carboxylic acids is 1. The molecular weight excluding hydrogens is 348 g/mol. The highest BCUT2D eigenvalue weighted by atomic mass is 16.5. The molecule has 2 amide bonds. The normalized spacial score (nSPS) is 20.3. The van der Waals surface area contributed by atoms with Gasteiger partial charge in [0.2, 0.25) is 5.95 Å². The van der Waals surface area contributed by atoms with Crippen molar-refractivity contribution in [2.24, 2.45) is 7.05 Å². The van der Waals surface area contributed by atoms with Crippen LogP contribution in [-0.2, 0) is 11.8 Å². The number of hydrogen-bond donors (Lipinski definition) is 2. The minimum Gasteiger partial charge on any atom is -0.373 e. The number of morpholine rings is 1. The number of amides is 2. The zero-order valence-corrected chi connectivity index (χ0v) is 16.1. The lowest BCUT2D eigenvalue weighted by Gasteiger charge is -2.38. The van der Waals surface area contributed by atoms with Gasteiger partial charge in [-0.05, 0) is 13.1 Å². The van der Waals surface area contributed by atoms with Crippen LogP contribution in [-0.4, -0.2) is 77.6 Å². The van der Waals surface area contributed by atoms with Crippen LogP contribution in [0, 0.1) is 0 Å². The maximum atomic E-state index is 12.3. The molecule has 2 atom stereocenters. The standard InChI is InChI=1S/C17H26N8O2/c1-23(2)14-5-6-18-16(21-14)22-17(26)19-10-13-15(24(3)7-8-27-13)12-9-20-25(4)11-12/h5-6,9,11,13,15H,7-8,10H2,1-4H3,(H2,18,19,21,22,26)/t13-,15-/m1/s1. The van der Waals surface area contributed by atoms with Gasteiger partial charge in [-0.15, -0.1) is 0 Å². The summed E-state index contributed by atoms with van der Waals surface area (Å²) in [5.41, 5.74) is 1.06. The summed E-state index contributed by atoms with van der Waals surface area (Å²) in [5, 5.41) is 9.76. The molecule has 0 radical (unpaired) electrons. The lowest BCUT2D eigenvalue weighted by molar-refractivity contribution is -0.0600. The van der Waals surface area contributed by atoms with Gasteiger partial charge in [0.05, 0.1) is 24.9 Å². The fourth-order valence-corrected chi connectivity index (χ4v) is 3.09. The molecule has 3 heterocycles. The highest BCUT2D eigenvalue weighted by Gasteiger charge is 2.32. The SMILES string of the molecule is CN(C)c1ccnc(NC(=O)NC[C@H]2OCCN(C)[C@@H]2c2cnn(C)c2)n1. The van der Waals surface area contributed by atoms with Crippen LogP contribution in [0.25, 0.3) is 0 Å². The van der Waals surface area contributed by atoms with Crippen LogP contribution in [0.15, 0.2) is 24.7 Å². The molecule has 2 aromatic heterocycles. The molecule has 3 rings (SSSR count). The summed E-state index contributed by atoms with van der Waals surface area (Å²) in [4.78, 5) is 24.7. The lowest BCUT2D eigenvalue weighted by atomic mass is 10.0. The molecule has 0 saturated carbocycles. The summed E-state index contributed by atoms with van der Waals surface area (Å²) in [5.74, 6) is 0.971. The van der Waals surface area contributed by atoms with Gasteiger partial charge in [0.15, 0.2) is 0 Å². The maximum Gasteiger partial charge on any atom is 0.321 e. The highest BCUT2D eigenvalue weighted by Crippen LogP contribution is 2.27. The topological polar surface area (TPSA) is 100 Å². The maximum absolute atomic E-state index is 12.3. The van der Waals surface area contributed by atoms with Crippen LogP contribution >= 0.6 is 0 Å². The van der Waals surface area contributed by atoms with Crippen LogP contribution in [0.2, 0.25) is 0 Å². The smallest absolute Gasteiger partial charge is 0.321 e. The number of ether oxygens (including phenoxy) is 1. The van der Waals surface area contributed by atoms with Crippen molar-refractivity contribution in [1.82, 2.24) is 30.0 Å². The predicted molar refractivity (Wildman–Crippen MR) is 102 cm³/mol. The molecule has 2 N–H and O–H groups in total. The van der Waals surface area contributed by atoms with Gasteiger partial charge in [-0.1, -0.05) is 0 Å². The Morgan fingerprint density at radius 1 is 1.41 bits per heavy atom. The van der Waals surface area contributed by atoms with Gasteiger partial charge in [0.1, 0.15) is 5.82 Å². The first-order chi connectivity index (χ1) is 12.9. The second-order valence-corrected chi connectivity index (χ2v) is 6.75. The summed E-state index contributed by atoms with van der Waals surface area (Å²) in [6.45, 7) is 1.81. The lowest BCUT2D eigenvalue weighted by Crippen LogP contribution is -2.48. The zero-order valence-electron chi connectivity index (χ0n) is 16.1. The molecule has 0 bridgehead atoms. The van der Waals surface area contributed by atoms with E-state index in [1.807, 2.05) is 45.5 Å². The Morgan fingerprint density at radius 3 is 2.93 bits per heavy atom. The Hall–Kier alpha value is -2.72. The number of aryl methyl sites for hydroxylation is 1. The average molecular weight is 374 g/mol. The van der Waals surface area contributed by atoms with Gasteiger partial charge in [-0.2, -0.15) is 10.1 Å². The number of anilines is 2. The van der Waals surface area contributed by atoms with Crippen molar-refractivity contribution < 1.29 is 9.53 Å². The second kappa shape index (κ2) is 8.31. The Kier molecular flexibility index (Phi) is 5.87. The summed E-state index contributed by atoms with van der Waals surface area (Å²) < 4.78 is 7.68. The summed E-state index contributed by atoms with van der Waals surface area (Å²) in [7, 11) is 7.69. The number of likely N-dealkylation sites (N-methyl/N-ethyl adjacent to an activating group) is 1. The second-order valence-electron chi connectivity index (χ2n) is 6.75. The van der Waals surface area contributed by atoms with E-state index in [0.717, 1.165) is 12.1 Å². The first kappa shape index (κ1) is 19.1. The molecule has 0 aromatic carbocycles. The number of nitrogens with one attached hydrogen (secondary N) is 2. The Bertz CT molecular complexity index is 778. The third-order valence-electron chi connectivity index (χ3n) is 4.46. The van der Waals surface area contributed by atoms with E-state index >= 15 is 0 Å². The molecule has 0 unspecified atom stereocenters. The van der Waals surface area contributed by atoms with Crippen LogP contribution in [0.5, 0.6) is 0 Å². The van der Waals surface area contributed by atoms with E-state index in [4.69, 9.17) is 4.74 Å². The zero-order chi connectivity index (χ0) is 19.4. The van der Waals surface area contributed by atoms with E-state index in [9.17, 15) is 4.79 Å². The molecule has 2 aromatic rings. The van der Waals surface area contributed by atoms with E-state index in [-0.39, 0.29) is 24.1 Å². The third-order valence-corrected chi connectivity index (χ3v) is 4.46. The fraction of sp³-hybridized carbons (Fsp3) is 0.529. The Morgan fingerprint density at radius 2 is 2.22 bits per heavy atom. The monoisotopic (exact) mass is 374 g/mol. The molecule has 10 nitrogen and oxygen atoms in total. The van der Waals surface area contributed by atoms with Crippen LogP contribution in [0.1, 0.15) is 11.6 Å². The summed E-state index contributed by atoms with van der Waals surface area (Å²) >= 11 is 0. The minimum atomic E-state index is -0.368. The van der Waals surface area contributed by atoms with E-state index < -0.39 is 0 Å². The van der Waals surface area contributed by atoms with Crippen molar-refractivity contribution in [2.45, 2.75) is 12.1 Å². The van der Waals surface area contributed by atoms with Gasteiger partial charge in [-0.3, -0.25) is 14.9 Å². The molecule has 1 aliphatic rings. The number of aromatic nitrogens is 4. The molecule has 1 aliphatic heterocycles. The predicted octanol–water partition coefficient (Wildman–Crippen LogP) is 0.470. The van der Waals surface area contributed by atoms with Crippen molar-refractivity contribution >= 4 is 17.8 Å². The molecule has 146 valence electrons. The number of rotatable bonds is 5. The highest BCUT2D eigenvalue weighted by molar-refractivity contribution is 5.87. The third kappa shape index (κ3) is 4.72. The van der Waals surface area contributed by atoms with Gasteiger partial charge >= 0.3 is 6.03 Å². The van der Waals surface area contributed by atoms with E-state index in [1.54, 1.807) is 16.9 Å². The first-order valence-corrected chi connectivity index (χ1v) is 8.79. The molecular formula is C17H26N8O2. The van der Waals surface area contributed by atoms with Crippen LogP contribution in [0.4, 0.5) is 16.6 Å². The quantitative estimate of drug-likeness (QED) is 0.785. The number of nitrogens with zero attached hydrogens (tertiary/aromatic N) is 6. The molecule has 0 aliphatic carbocycles. The molecule has 1 fully saturated rings. The summed E-state index contributed by atoms with van der Waals surface area (Å²) in [6, 6.07) is 1.43. The molecule has 10 heteroatoms. The van der Waals surface area contributed by atoms with Gasteiger partial charge in [-0.25, -0.2) is 9.78 Å². The first-order valence-electron chi connectivity index (χ1n) is 8.79. The largest absolute Gasteiger partial charge is 0.373 e. The van der Waals surface area contributed by atoms with Crippen LogP contribution in [0.3, 0.4) is 0 Å². The van der Waals surface area contributed by atoms with Gasteiger partial charge in [0.25, 0.3) is 0 Å². The fourth-order valence-electron chi connectivity index (χ4n) is 3.09. The Balaban J connectivity index is 1.60. The minimum absolute atomic E-state index is 0.0288. The van der Waals surface area contributed by atoms with Crippen molar-refractivity contribution in [2.75, 3.05) is 51.1 Å². The molecule has 0 spiro atoms. The van der Waals surface area contributed by atoms with Gasteiger partial charge < -0.3 is 15.0 Å².